The number of rotatable bonds is 3. The Bertz CT molecular complexity index is 868. The molecule has 2 rings (SSSR count). The lowest BCUT2D eigenvalue weighted by Gasteiger charge is -2.14. The highest BCUT2D eigenvalue weighted by molar-refractivity contribution is 7.13. The number of hydrogen-bond donors (Lipinski definition) is 1. The number of aromatic nitrogens is 1. The second-order valence-electron chi connectivity index (χ2n) is 6.15. The second-order valence-corrected chi connectivity index (χ2v) is 7.01. The van der Waals surface area contributed by atoms with E-state index in [9.17, 15) is 0 Å². The highest BCUT2D eigenvalue weighted by Gasteiger charge is 2.17. The fraction of sp³-hybridized carbons (Fsp3) is 0.222. The van der Waals surface area contributed by atoms with Crippen LogP contribution < -0.4 is 5.73 Å². The molecule has 0 aliphatic rings. The minimum atomic E-state index is -0.192. The van der Waals surface area contributed by atoms with Gasteiger partial charge in [0, 0.05) is 22.6 Å². The monoisotopic (exact) mass is 335 g/mol. The lowest BCUT2D eigenvalue weighted by molar-refractivity contribution is 0.573. The first kappa shape index (κ1) is 17.4. The van der Waals surface area contributed by atoms with E-state index >= 15 is 0 Å². The van der Waals surface area contributed by atoms with Crippen molar-refractivity contribution in [2.24, 2.45) is 10.7 Å². The number of hydrogen-bond acceptors (Lipinski definition) is 6. The zero-order valence-corrected chi connectivity index (χ0v) is 14.6. The topological polar surface area (TPSA) is 98.9 Å². The molecule has 0 radical (unpaired) electrons. The number of nitrogens with zero attached hydrogens (tertiary/aromatic N) is 4. The zero-order valence-electron chi connectivity index (χ0n) is 13.7. The van der Waals surface area contributed by atoms with Gasteiger partial charge < -0.3 is 5.73 Å². The summed E-state index contributed by atoms with van der Waals surface area (Å²) in [6.07, 6.45) is 1.51. The predicted molar refractivity (Wildman–Crippen MR) is 96.3 cm³/mol. The predicted octanol–water partition coefficient (Wildman–Crippen LogP) is 3.74. The van der Waals surface area contributed by atoms with Gasteiger partial charge >= 0.3 is 0 Å². The molecule has 2 aromatic rings. The normalized spacial score (nSPS) is 12.5. The first-order valence-electron chi connectivity index (χ1n) is 7.25. The van der Waals surface area contributed by atoms with Crippen LogP contribution in [0.15, 0.2) is 46.0 Å². The van der Waals surface area contributed by atoms with Gasteiger partial charge in [0.15, 0.2) is 5.70 Å². The molecule has 2 N–H and O–H groups in total. The number of aliphatic imine (C=N–C) groups is 1. The number of benzene rings is 1. The summed E-state index contributed by atoms with van der Waals surface area (Å²) in [7, 11) is 0. The molecule has 0 saturated heterocycles. The van der Waals surface area contributed by atoms with Crippen molar-refractivity contribution < 1.29 is 0 Å². The summed E-state index contributed by atoms with van der Waals surface area (Å²) >= 11 is 1.62. The summed E-state index contributed by atoms with van der Waals surface area (Å²) in [6, 6.07) is 11.2. The maximum Gasteiger partial charge on any atom is 0.174 e. The van der Waals surface area contributed by atoms with Gasteiger partial charge in [0.25, 0.3) is 0 Å². The Balaban J connectivity index is 2.22. The molecule has 0 bridgehead atoms. The van der Waals surface area contributed by atoms with Crippen molar-refractivity contribution in [3.05, 3.63) is 52.3 Å². The van der Waals surface area contributed by atoms with Gasteiger partial charge in [0.05, 0.1) is 5.69 Å². The van der Waals surface area contributed by atoms with Gasteiger partial charge in [-0.3, -0.25) is 0 Å². The van der Waals surface area contributed by atoms with Crippen LogP contribution in [-0.2, 0) is 5.41 Å². The lowest BCUT2D eigenvalue weighted by Crippen LogP contribution is -2.11. The third-order valence-electron chi connectivity index (χ3n) is 3.25. The number of nitrogens with two attached hydrogens (primary N) is 1. The molecular formula is C18H17N5S. The van der Waals surface area contributed by atoms with Crippen molar-refractivity contribution in [3.8, 4) is 22.7 Å². The Labute approximate surface area is 145 Å². The molecule has 0 aliphatic carbocycles. The Hall–Kier alpha value is -2.96. The molecule has 0 fully saturated rings. The van der Waals surface area contributed by atoms with E-state index in [0.29, 0.717) is 0 Å². The fourth-order valence-corrected chi connectivity index (χ4v) is 2.87. The van der Waals surface area contributed by atoms with Gasteiger partial charge in [-0.2, -0.15) is 10.5 Å². The lowest BCUT2D eigenvalue weighted by atomic mass is 9.93. The van der Waals surface area contributed by atoms with Crippen LogP contribution in [0.1, 0.15) is 32.0 Å². The zero-order chi connectivity index (χ0) is 17.7. The third-order valence-corrected chi connectivity index (χ3v) is 4.15. The SMILES string of the molecule is CC(C)(C)c1csc(-c2ccc(C=N/C(C#N)=C(/N)C#N)cc2)n1. The first-order chi connectivity index (χ1) is 11.3. The highest BCUT2D eigenvalue weighted by Crippen LogP contribution is 2.29. The van der Waals surface area contributed by atoms with Crippen molar-refractivity contribution in [2.75, 3.05) is 0 Å². The van der Waals surface area contributed by atoms with E-state index in [-0.39, 0.29) is 16.8 Å². The van der Waals surface area contributed by atoms with Gasteiger partial charge in [-0.1, -0.05) is 45.0 Å². The molecule has 0 amide bonds. The number of nitriles is 2. The molecule has 0 aliphatic heterocycles. The number of thiazole rings is 1. The average molecular weight is 335 g/mol. The van der Waals surface area contributed by atoms with Crippen LogP contribution in [0.5, 0.6) is 0 Å². The Morgan fingerprint density at radius 2 is 1.88 bits per heavy atom. The van der Waals surface area contributed by atoms with E-state index in [1.54, 1.807) is 23.5 Å². The molecule has 6 heteroatoms. The summed E-state index contributed by atoms with van der Waals surface area (Å²) in [4.78, 5) is 8.64. The molecule has 120 valence electrons. The molecule has 1 aromatic heterocycles. The highest BCUT2D eigenvalue weighted by atomic mass is 32.1. The van der Waals surface area contributed by atoms with Crippen LogP contribution in [0, 0.1) is 22.7 Å². The maximum atomic E-state index is 8.91. The molecule has 5 nitrogen and oxygen atoms in total. The van der Waals surface area contributed by atoms with Gasteiger partial charge in [0.2, 0.25) is 0 Å². The van der Waals surface area contributed by atoms with Crippen LogP contribution in [0.25, 0.3) is 10.6 Å². The molecule has 0 atom stereocenters. The minimum Gasteiger partial charge on any atom is -0.388 e. The Kier molecular flexibility index (Phi) is 5.13. The molecular weight excluding hydrogens is 318 g/mol. The van der Waals surface area contributed by atoms with Crippen LogP contribution in [0.4, 0.5) is 0 Å². The van der Waals surface area contributed by atoms with Crippen LogP contribution >= 0.6 is 11.3 Å². The second kappa shape index (κ2) is 7.08. The summed E-state index contributed by atoms with van der Waals surface area (Å²) in [5, 5.41) is 20.6. The summed E-state index contributed by atoms with van der Waals surface area (Å²) < 4.78 is 0. The van der Waals surface area contributed by atoms with Crippen LogP contribution in [0.3, 0.4) is 0 Å². The summed E-state index contributed by atoms with van der Waals surface area (Å²) in [5.41, 5.74) is 8.07. The van der Waals surface area contributed by atoms with Crippen molar-refractivity contribution in [3.63, 3.8) is 0 Å². The first-order valence-corrected chi connectivity index (χ1v) is 8.13. The molecule has 1 heterocycles. The van der Waals surface area contributed by atoms with Crippen molar-refractivity contribution in [1.29, 1.82) is 10.5 Å². The van der Waals surface area contributed by atoms with Gasteiger partial charge in [-0.15, -0.1) is 11.3 Å². The van der Waals surface area contributed by atoms with E-state index in [1.165, 1.54) is 6.21 Å². The van der Waals surface area contributed by atoms with Crippen molar-refractivity contribution in [2.45, 2.75) is 26.2 Å². The van der Waals surface area contributed by atoms with E-state index in [0.717, 1.165) is 21.8 Å². The quantitative estimate of drug-likeness (QED) is 0.682. The largest absolute Gasteiger partial charge is 0.388 e. The van der Waals surface area contributed by atoms with Crippen molar-refractivity contribution in [1.82, 2.24) is 4.98 Å². The molecule has 0 saturated carbocycles. The van der Waals surface area contributed by atoms with Gasteiger partial charge in [-0.25, -0.2) is 9.98 Å². The number of allylic oxidation sites excluding steroid dienone is 2. The minimum absolute atomic E-state index is 0.0298. The Morgan fingerprint density at radius 3 is 2.38 bits per heavy atom. The van der Waals surface area contributed by atoms with Gasteiger partial charge in [0.1, 0.15) is 22.8 Å². The Morgan fingerprint density at radius 1 is 1.21 bits per heavy atom. The fourth-order valence-electron chi connectivity index (χ4n) is 1.81. The van der Waals surface area contributed by atoms with Gasteiger partial charge in [-0.05, 0) is 5.56 Å². The van der Waals surface area contributed by atoms with E-state index in [4.69, 9.17) is 16.3 Å². The van der Waals surface area contributed by atoms with E-state index in [1.807, 2.05) is 24.3 Å². The standard InChI is InChI=1S/C18H17N5S/c1-18(2,3)16-11-24-17(23-16)13-6-4-12(5-7-13)10-22-15(9-20)14(21)8-19/h4-7,10-11H,21H2,1-3H3/b15-14+,22-10?. The molecule has 0 unspecified atom stereocenters. The van der Waals surface area contributed by atoms with Crippen LogP contribution in [0.2, 0.25) is 0 Å². The molecule has 0 spiro atoms. The van der Waals surface area contributed by atoms with E-state index < -0.39 is 0 Å². The molecule has 24 heavy (non-hydrogen) atoms. The van der Waals surface area contributed by atoms with E-state index in [2.05, 4.69) is 36.1 Å². The maximum absolute atomic E-state index is 8.91. The molecule has 1 aromatic carbocycles. The third kappa shape index (κ3) is 4.07. The average Bonchev–Trinajstić information content (AvgIpc) is 3.06. The van der Waals surface area contributed by atoms with Crippen LogP contribution in [-0.4, -0.2) is 11.2 Å². The smallest absolute Gasteiger partial charge is 0.174 e. The summed E-state index contributed by atoms with van der Waals surface area (Å²) in [6.45, 7) is 6.41. The van der Waals surface area contributed by atoms with Crippen molar-refractivity contribution >= 4 is 17.6 Å². The summed E-state index contributed by atoms with van der Waals surface area (Å²) in [5.74, 6) is 0.